The van der Waals surface area contributed by atoms with Gasteiger partial charge in [-0.1, -0.05) is 72.8 Å². The fourth-order valence-corrected chi connectivity index (χ4v) is 4.05. The van der Waals surface area contributed by atoms with Gasteiger partial charge in [-0.2, -0.15) is 0 Å². The molecule has 0 fully saturated rings. The maximum atomic E-state index is 11.5. The first kappa shape index (κ1) is 22.5. The van der Waals surface area contributed by atoms with E-state index in [1.165, 1.54) is 17.2 Å². The molecule has 0 aliphatic rings. The van der Waals surface area contributed by atoms with Crippen molar-refractivity contribution in [3.8, 4) is 0 Å². The second kappa shape index (κ2) is 10.7. The smallest absolute Gasteiger partial charge is 0.238 e. The van der Waals surface area contributed by atoms with Crippen molar-refractivity contribution in [3.63, 3.8) is 0 Å². The average molecular weight is 437 g/mol. The minimum atomic E-state index is -3.72. The van der Waals surface area contributed by atoms with E-state index in [2.05, 4.69) is 64.2 Å². The van der Waals surface area contributed by atoms with Gasteiger partial charge in [-0.25, -0.2) is 13.6 Å². The van der Waals surface area contributed by atoms with E-state index in [1.54, 1.807) is 19.2 Å². The van der Waals surface area contributed by atoms with Gasteiger partial charge in [-0.15, -0.1) is 0 Å². The average Bonchev–Trinajstić information content (AvgIpc) is 2.79. The van der Waals surface area contributed by atoms with E-state index in [9.17, 15) is 8.42 Å². The SMILES string of the molecule is CN=C(NCCC(c1ccccc1)c1ccccc1)NCc1cccc(S(N)(=O)=O)c1. The summed E-state index contributed by atoms with van der Waals surface area (Å²) in [6.45, 7) is 1.16. The minimum Gasteiger partial charge on any atom is -0.356 e. The van der Waals surface area contributed by atoms with Crippen LogP contribution < -0.4 is 15.8 Å². The molecular weight excluding hydrogens is 408 g/mol. The summed E-state index contributed by atoms with van der Waals surface area (Å²) < 4.78 is 23.1. The standard InChI is InChI=1S/C24H28N4O2S/c1-26-24(28-18-19-9-8-14-22(17-19)31(25,29)30)27-16-15-23(20-10-4-2-5-11-20)21-12-6-3-7-13-21/h2-14,17,23H,15-16,18H2,1H3,(H2,25,29,30)(H2,26,27,28). The number of hydrogen-bond donors (Lipinski definition) is 3. The van der Waals surface area contributed by atoms with Crippen molar-refractivity contribution >= 4 is 16.0 Å². The third-order valence-electron chi connectivity index (χ3n) is 5.04. The fraction of sp³-hybridized carbons (Fsp3) is 0.208. The van der Waals surface area contributed by atoms with E-state index >= 15 is 0 Å². The zero-order valence-corrected chi connectivity index (χ0v) is 18.3. The third kappa shape index (κ3) is 6.67. The Hall–Kier alpha value is -3.16. The summed E-state index contributed by atoms with van der Waals surface area (Å²) in [6, 6.07) is 27.5. The van der Waals surface area contributed by atoms with Crippen LogP contribution in [0.15, 0.2) is 94.8 Å². The Morgan fingerprint density at radius 2 is 1.52 bits per heavy atom. The molecule has 7 heteroatoms. The molecule has 162 valence electrons. The van der Waals surface area contributed by atoms with Crippen molar-refractivity contribution in [3.05, 3.63) is 102 Å². The highest BCUT2D eigenvalue weighted by Gasteiger charge is 2.14. The van der Waals surface area contributed by atoms with Crippen molar-refractivity contribution in [1.82, 2.24) is 10.6 Å². The normalized spacial score (nSPS) is 12.0. The summed E-state index contributed by atoms with van der Waals surface area (Å²) in [4.78, 5) is 4.37. The van der Waals surface area contributed by atoms with Crippen LogP contribution in [0.5, 0.6) is 0 Å². The Balaban J connectivity index is 1.60. The van der Waals surface area contributed by atoms with Crippen molar-refractivity contribution in [2.45, 2.75) is 23.8 Å². The van der Waals surface area contributed by atoms with E-state index in [0.29, 0.717) is 12.5 Å². The number of nitrogens with zero attached hydrogens (tertiary/aromatic N) is 1. The van der Waals surface area contributed by atoms with E-state index in [0.717, 1.165) is 18.5 Å². The Bertz CT molecular complexity index is 1060. The zero-order chi connectivity index (χ0) is 22.1. The number of benzene rings is 3. The molecule has 0 amide bonds. The summed E-state index contributed by atoms with van der Waals surface area (Å²) in [7, 11) is -2.01. The lowest BCUT2D eigenvalue weighted by Crippen LogP contribution is -2.37. The molecule has 0 saturated heterocycles. The van der Waals surface area contributed by atoms with Gasteiger partial charge in [-0.3, -0.25) is 4.99 Å². The van der Waals surface area contributed by atoms with Crippen LogP contribution in [0.4, 0.5) is 0 Å². The largest absolute Gasteiger partial charge is 0.356 e. The predicted molar refractivity (Wildman–Crippen MR) is 125 cm³/mol. The van der Waals surface area contributed by atoms with Gasteiger partial charge in [0.25, 0.3) is 0 Å². The molecule has 0 aromatic heterocycles. The van der Waals surface area contributed by atoms with Crippen molar-refractivity contribution in [1.29, 1.82) is 0 Å². The number of hydrogen-bond acceptors (Lipinski definition) is 3. The summed E-state index contributed by atoms with van der Waals surface area (Å²) in [5, 5.41) is 11.8. The second-order valence-electron chi connectivity index (χ2n) is 7.21. The molecule has 0 radical (unpaired) electrons. The number of guanidine groups is 1. The number of nitrogens with two attached hydrogens (primary N) is 1. The van der Waals surface area contributed by atoms with Crippen LogP contribution in [0.25, 0.3) is 0 Å². The molecule has 3 rings (SSSR count). The highest BCUT2D eigenvalue weighted by molar-refractivity contribution is 7.89. The van der Waals surface area contributed by atoms with Gasteiger partial charge < -0.3 is 10.6 Å². The maximum Gasteiger partial charge on any atom is 0.238 e. The van der Waals surface area contributed by atoms with Gasteiger partial charge in [0.1, 0.15) is 0 Å². The van der Waals surface area contributed by atoms with Gasteiger partial charge in [0, 0.05) is 26.1 Å². The molecule has 31 heavy (non-hydrogen) atoms. The minimum absolute atomic E-state index is 0.100. The molecule has 0 saturated carbocycles. The van der Waals surface area contributed by atoms with Crippen LogP contribution >= 0.6 is 0 Å². The molecule has 0 aliphatic heterocycles. The van der Waals surface area contributed by atoms with Crippen LogP contribution in [-0.2, 0) is 16.6 Å². The molecule has 0 unspecified atom stereocenters. The van der Waals surface area contributed by atoms with E-state index < -0.39 is 10.0 Å². The quantitative estimate of drug-likeness (QED) is 0.373. The molecule has 6 nitrogen and oxygen atoms in total. The summed E-state index contributed by atoms with van der Waals surface area (Å²) in [5.74, 6) is 0.931. The molecule has 0 atom stereocenters. The van der Waals surface area contributed by atoms with Crippen LogP contribution in [0.1, 0.15) is 29.0 Å². The maximum absolute atomic E-state index is 11.5. The van der Waals surface area contributed by atoms with Crippen LogP contribution in [-0.4, -0.2) is 28.0 Å². The zero-order valence-electron chi connectivity index (χ0n) is 17.5. The van der Waals surface area contributed by atoms with E-state index in [1.807, 2.05) is 18.2 Å². The summed E-state index contributed by atoms with van der Waals surface area (Å²) in [6.07, 6.45) is 0.898. The fourth-order valence-electron chi connectivity index (χ4n) is 3.47. The van der Waals surface area contributed by atoms with Gasteiger partial charge in [-0.05, 0) is 35.2 Å². The number of nitrogens with one attached hydrogen (secondary N) is 2. The molecule has 4 N–H and O–H groups in total. The number of sulfonamides is 1. The van der Waals surface area contributed by atoms with Crippen molar-refractivity contribution in [2.75, 3.05) is 13.6 Å². The molecule has 3 aromatic carbocycles. The van der Waals surface area contributed by atoms with Crippen molar-refractivity contribution in [2.24, 2.45) is 10.1 Å². The lowest BCUT2D eigenvalue weighted by atomic mass is 9.88. The first-order chi connectivity index (χ1) is 15.0. The van der Waals surface area contributed by atoms with E-state index in [-0.39, 0.29) is 10.8 Å². The summed E-state index contributed by atoms with van der Waals surface area (Å²) in [5.41, 5.74) is 3.36. The van der Waals surface area contributed by atoms with Crippen LogP contribution in [0, 0.1) is 0 Å². The Labute approximate surface area is 184 Å². The predicted octanol–water partition coefficient (Wildman–Crippen LogP) is 3.22. The lowest BCUT2D eigenvalue weighted by Gasteiger charge is -2.19. The number of rotatable bonds is 8. The molecule has 0 bridgehead atoms. The van der Waals surface area contributed by atoms with Gasteiger partial charge in [0.05, 0.1) is 4.90 Å². The molecule has 0 heterocycles. The topological polar surface area (TPSA) is 96.6 Å². The first-order valence-electron chi connectivity index (χ1n) is 10.1. The molecule has 0 spiro atoms. The Kier molecular flexibility index (Phi) is 7.81. The highest BCUT2D eigenvalue weighted by atomic mass is 32.2. The van der Waals surface area contributed by atoms with Gasteiger partial charge in [0.15, 0.2) is 5.96 Å². The molecule has 0 aliphatic carbocycles. The first-order valence-corrected chi connectivity index (χ1v) is 11.7. The van der Waals surface area contributed by atoms with Crippen LogP contribution in [0.3, 0.4) is 0 Å². The third-order valence-corrected chi connectivity index (χ3v) is 5.95. The van der Waals surface area contributed by atoms with E-state index in [4.69, 9.17) is 5.14 Å². The molecular formula is C24H28N4O2S. The van der Waals surface area contributed by atoms with Crippen LogP contribution in [0.2, 0.25) is 0 Å². The molecule has 3 aromatic rings. The van der Waals surface area contributed by atoms with Gasteiger partial charge in [0.2, 0.25) is 10.0 Å². The highest BCUT2D eigenvalue weighted by Crippen LogP contribution is 2.27. The van der Waals surface area contributed by atoms with Crippen molar-refractivity contribution < 1.29 is 8.42 Å². The Morgan fingerprint density at radius 3 is 2.06 bits per heavy atom. The second-order valence-corrected chi connectivity index (χ2v) is 8.77. The summed E-state index contributed by atoms with van der Waals surface area (Å²) >= 11 is 0. The lowest BCUT2D eigenvalue weighted by molar-refractivity contribution is 0.597. The van der Waals surface area contributed by atoms with Gasteiger partial charge >= 0.3 is 0 Å². The number of aliphatic imine (C=N–C) groups is 1. The Morgan fingerprint density at radius 1 is 0.903 bits per heavy atom. The number of primary sulfonamides is 1. The monoisotopic (exact) mass is 436 g/mol.